The zero-order chi connectivity index (χ0) is 27.6. The van der Waals surface area contributed by atoms with E-state index in [0.717, 1.165) is 41.1 Å². The molecule has 1 amide bonds. The van der Waals surface area contributed by atoms with E-state index < -0.39 is 17.2 Å². The van der Waals surface area contributed by atoms with Gasteiger partial charge in [0.1, 0.15) is 5.60 Å². The summed E-state index contributed by atoms with van der Waals surface area (Å²) >= 11 is 10.3. The van der Waals surface area contributed by atoms with Crippen molar-refractivity contribution in [2.24, 2.45) is 5.73 Å². The Bertz CT molecular complexity index is 1380. The standard InChI is InChI=1S/C16H21BrN2O2S.C11H13BrN2S/c1-15(2,3)21-14(20)19-16(4,5)9-13-18-11-8-10(17)6-7-12(11)22-13;1-11(2,13)6-10-14-8-5-7(12)3-4-9(8)15-10/h6-8H,9H2,1-5H3,(H,19,20);3-5H,6,13H2,1-2H3. The Balaban J connectivity index is 0.000000220. The number of halogens is 2. The zero-order valence-corrected chi connectivity index (χ0v) is 27.0. The fourth-order valence-corrected chi connectivity index (χ4v) is 6.50. The highest BCUT2D eigenvalue weighted by molar-refractivity contribution is 9.10. The smallest absolute Gasteiger partial charge is 0.408 e. The first kappa shape index (κ1) is 30.0. The Hall–Kier alpha value is -1.59. The Kier molecular flexibility index (Phi) is 9.44. The van der Waals surface area contributed by atoms with Crippen LogP contribution in [0.5, 0.6) is 0 Å². The Morgan fingerprint density at radius 2 is 1.32 bits per heavy atom. The molecular weight excluding hydrogens is 636 g/mol. The molecular formula is C27H34Br2N4O2S2. The van der Waals surface area contributed by atoms with Crippen LogP contribution in [0.1, 0.15) is 58.5 Å². The lowest BCUT2D eigenvalue weighted by Gasteiger charge is -2.28. The summed E-state index contributed by atoms with van der Waals surface area (Å²) in [6, 6.07) is 12.2. The number of ether oxygens (including phenoxy) is 1. The van der Waals surface area contributed by atoms with E-state index in [1.807, 2.05) is 72.7 Å². The number of nitrogens with two attached hydrogens (primary N) is 1. The minimum atomic E-state index is -0.498. The highest BCUT2D eigenvalue weighted by atomic mass is 79.9. The average Bonchev–Trinajstić information content (AvgIpc) is 3.25. The van der Waals surface area contributed by atoms with Crippen molar-refractivity contribution < 1.29 is 9.53 Å². The number of carbonyl (C=O) groups is 1. The van der Waals surface area contributed by atoms with Gasteiger partial charge in [0.25, 0.3) is 0 Å². The molecule has 0 radical (unpaired) electrons. The summed E-state index contributed by atoms with van der Waals surface area (Å²) in [4.78, 5) is 21.1. The summed E-state index contributed by atoms with van der Waals surface area (Å²) < 4.78 is 9.76. The third-order valence-electron chi connectivity index (χ3n) is 4.83. The summed E-state index contributed by atoms with van der Waals surface area (Å²) in [5.74, 6) is 0. The Morgan fingerprint density at radius 3 is 1.76 bits per heavy atom. The number of thiazole rings is 2. The number of alkyl carbamates (subject to hydrolysis) is 1. The van der Waals surface area contributed by atoms with Gasteiger partial charge in [0.15, 0.2) is 0 Å². The van der Waals surface area contributed by atoms with Crippen molar-refractivity contribution in [3.63, 3.8) is 0 Å². The number of rotatable bonds is 5. The van der Waals surface area contributed by atoms with Gasteiger partial charge in [0, 0.05) is 32.9 Å². The summed E-state index contributed by atoms with van der Waals surface area (Å²) in [7, 11) is 0. The lowest BCUT2D eigenvalue weighted by atomic mass is 10.0. The molecule has 2 heterocycles. The maximum absolute atomic E-state index is 11.9. The maximum Gasteiger partial charge on any atom is 0.408 e. The van der Waals surface area contributed by atoms with Crippen molar-refractivity contribution in [3.05, 3.63) is 55.4 Å². The van der Waals surface area contributed by atoms with Crippen molar-refractivity contribution in [2.75, 3.05) is 0 Å². The third-order valence-corrected chi connectivity index (χ3v) is 7.89. The molecule has 4 rings (SSSR count). The second kappa shape index (κ2) is 11.7. The number of hydrogen-bond acceptors (Lipinski definition) is 7. The van der Waals surface area contributed by atoms with E-state index in [-0.39, 0.29) is 5.54 Å². The predicted molar refractivity (Wildman–Crippen MR) is 164 cm³/mol. The van der Waals surface area contributed by atoms with Crippen LogP contribution in [0.15, 0.2) is 45.3 Å². The molecule has 4 aromatic rings. The second-order valence-electron chi connectivity index (χ2n) is 11.3. The molecule has 0 aliphatic carbocycles. The number of benzene rings is 2. The van der Waals surface area contributed by atoms with Crippen LogP contribution in [0, 0.1) is 0 Å². The molecule has 37 heavy (non-hydrogen) atoms. The van der Waals surface area contributed by atoms with Gasteiger partial charge < -0.3 is 15.8 Å². The predicted octanol–water partition coefficient (Wildman–Crippen LogP) is 8.24. The molecule has 2 aromatic heterocycles. The molecule has 10 heteroatoms. The van der Waals surface area contributed by atoms with Crippen LogP contribution < -0.4 is 11.1 Å². The number of aromatic nitrogens is 2. The van der Waals surface area contributed by atoms with Crippen molar-refractivity contribution in [1.29, 1.82) is 0 Å². The van der Waals surface area contributed by atoms with Gasteiger partial charge in [0.05, 0.1) is 30.4 Å². The third kappa shape index (κ3) is 9.90. The molecule has 0 unspecified atom stereocenters. The highest BCUT2D eigenvalue weighted by Gasteiger charge is 2.26. The number of nitrogens with one attached hydrogen (secondary N) is 1. The van der Waals surface area contributed by atoms with Crippen LogP contribution in [0.3, 0.4) is 0 Å². The molecule has 0 saturated heterocycles. The molecule has 0 fully saturated rings. The average molecular weight is 671 g/mol. The summed E-state index contributed by atoms with van der Waals surface area (Å²) in [5.41, 5.74) is 6.89. The molecule has 0 atom stereocenters. The van der Waals surface area contributed by atoms with E-state index in [1.165, 1.54) is 4.70 Å². The molecule has 0 aliphatic heterocycles. The molecule has 0 spiro atoms. The van der Waals surface area contributed by atoms with Crippen LogP contribution in [-0.4, -0.2) is 32.7 Å². The number of carbonyl (C=O) groups excluding carboxylic acids is 1. The quantitative estimate of drug-likeness (QED) is 0.223. The van der Waals surface area contributed by atoms with Gasteiger partial charge in [-0.25, -0.2) is 14.8 Å². The molecule has 200 valence electrons. The Labute approximate surface area is 243 Å². The van der Waals surface area contributed by atoms with Crippen LogP contribution in [0.2, 0.25) is 0 Å². The normalized spacial score (nSPS) is 12.4. The molecule has 0 aliphatic rings. The van der Waals surface area contributed by atoms with Crippen molar-refractivity contribution >= 4 is 81.1 Å². The number of fused-ring (bicyclic) bond motifs is 2. The van der Waals surface area contributed by atoms with Crippen LogP contribution in [0.25, 0.3) is 20.4 Å². The van der Waals surface area contributed by atoms with Crippen molar-refractivity contribution in [1.82, 2.24) is 15.3 Å². The summed E-state index contributed by atoms with van der Waals surface area (Å²) in [5, 5.41) is 5.01. The van der Waals surface area contributed by atoms with Gasteiger partial charge in [0.2, 0.25) is 0 Å². The zero-order valence-electron chi connectivity index (χ0n) is 22.2. The molecule has 3 N–H and O–H groups in total. The molecule has 6 nitrogen and oxygen atoms in total. The number of hydrogen-bond donors (Lipinski definition) is 2. The largest absolute Gasteiger partial charge is 0.444 e. The fraction of sp³-hybridized carbons (Fsp3) is 0.444. The fourth-order valence-electron chi connectivity index (χ4n) is 3.44. The van der Waals surface area contributed by atoms with E-state index in [0.29, 0.717) is 6.42 Å². The topological polar surface area (TPSA) is 90.1 Å². The van der Waals surface area contributed by atoms with Gasteiger partial charge >= 0.3 is 6.09 Å². The monoisotopic (exact) mass is 668 g/mol. The van der Waals surface area contributed by atoms with Gasteiger partial charge in [-0.2, -0.15) is 0 Å². The summed E-state index contributed by atoms with van der Waals surface area (Å²) in [6.07, 6.45) is 1.08. The van der Waals surface area contributed by atoms with E-state index in [1.54, 1.807) is 22.7 Å². The van der Waals surface area contributed by atoms with Crippen LogP contribution in [-0.2, 0) is 17.6 Å². The first-order chi connectivity index (χ1) is 17.0. The minimum absolute atomic E-state index is 0.189. The SMILES string of the molecule is CC(C)(Cc1nc2cc(Br)ccc2s1)NC(=O)OC(C)(C)C.CC(C)(N)Cc1nc2cc(Br)ccc2s1. The van der Waals surface area contributed by atoms with Crippen molar-refractivity contribution in [3.8, 4) is 0 Å². The van der Waals surface area contributed by atoms with Crippen LogP contribution >= 0.6 is 54.5 Å². The van der Waals surface area contributed by atoms with Gasteiger partial charge in [-0.3, -0.25) is 0 Å². The summed E-state index contributed by atoms with van der Waals surface area (Å²) in [6.45, 7) is 13.5. The van der Waals surface area contributed by atoms with Gasteiger partial charge in [-0.1, -0.05) is 31.9 Å². The number of nitrogens with zero attached hydrogens (tertiary/aromatic N) is 2. The lowest BCUT2D eigenvalue weighted by Crippen LogP contribution is -2.47. The molecule has 2 aromatic carbocycles. The van der Waals surface area contributed by atoms with E-state index in [4.69, 9.17) is 10.5 Å². The lowest BCUT2D eigenvalue weighted by molar-refractivity contribution is 0.0472. The Morgan fingerprint density at radius 1 is 0.865 bits per heavy atom. The second-order valence-corrected chi connectivity index (χ2v) is 15.4. The minimum Gasteiger partial charge on any atom is -0.444 e. The van der Waals surface area contributed by atoms with Gasteiger partial charge in [-0.05, 0) is 84.9 Å². The highest BCUT2D eigenvalue weighted by Crippen LogP contribution is 2.28. The van der Waals surface area contributed by atoms with E-state index >= 15 is 0 Å². The molecule has 0 bridgehead atoms. The number of amides is 1. The molecule has 0 saturated carbocycles. The van der Waals surface area contributed by atoms with Gasteiger partial charge in [-0.15, -0.1) is 22.7 Å². The first-order valence-corrected chi connectivity index (χ1v) is 15.1. The van der Waals surface area contributed by atoms with E-state index in [9.17, 15) is 4.79 Å². The van der Waals surface area contributed by atoms with Crippen molar-refractivity contribution in [2.45, 2.75) is 78.0 Å². The maximum atomic E-state index is 11.9. The van der Waals surface area contributed by atoms with E-state index in [2.05, 4.69) is 59.3 Å². The van der Waals surface area contributed by atoms with Crippen LogP contribution in [0.4, 0.5) is 4.79 Å². The first-order valence-electron chi connectivity index (χ1n) is 11.9.